The number of rotatable bonds is 0. The number of halogens is 2. The molecular weight excluding hydrogens is 410 g/mol. The Morgan fingerprint density at radius 2 is 1.20 bits per heavy atom. The molecule has 0 amide bonds. The fourth-order valence-corrected chi connectivity index (χ4v) is 0.806. The third kappa shape index (κ3) is 5.97. The molecule has 1 aromatic rings. The van der Waals surface area contributed by atoms with Gasteiger partial charge in [-0.3, -0.25) is 12.1 Å². The molecule has 0 aliphatic heterocycles. The minimum Gasteiger partial charge on any atom is -0.304 e. The summed E-state index contributed by atoms with van der Waals surface area (Å²) in [6.07, 6.45) is 0. The van der Waals surface area contributed by atoms with E-state index in [9.17, 15) is 0 Å². The number of benzene rings is 1. The smallest absolute Gasteiger partial charge is 0 e. The van der Waals surface area contributed by atoms with Gasteiger partial charge in [0.2, 0.25) is 0 Å². The summed E-state index contributed by atoms with van der Waals surface area (Å²) >= 11 is 6.48. The molecule has 1 aromatic carbocycles. The van der Waals surface area contributed by atoms with Crippen molar-refractivity contribution in [1.82, 2.24) is 0 Å². The van der Waals surface area contributed by atoms with Gasteiger partial charge in [-0.1, -0.05) is 0 Å². The van der Waals surface area contributed by atoms with Gasteiger partial charge in [0, 0.05) is 65.4 Å². The first kappa shape index (κ1) is 14.9. The summed E-state index contributed by atoms with van der Waals surface area (Å²) in [5.74, 6) is 0. The van der Waals surface area contributed by atoms with Crippen molar-refractivity contribution in [2.45, 2.75) is 0 Å². The standard InChI is InChI=1S/C6H2Br2.2Y/c7-5-1-2-6(8)4-3-5;;/h1,4H;;/q-2;;. The molecule has 0 N–H and O–H groups in total. The summed E-state index contributed by atoms with van der Waals surface area (Å²) in [5, 5.41) is 0. The predicted octanol–water partition coefficient (Wildman–Crippen LogP) is 2.81. The zero-order chi connectivity index (χ0) is 5.98. The molecule has 0 aliphatic carbocycles. The van der Waals surface area contributed by atoms with Crippen LogP contribution >= 0.6 is 31.9 Å². The van der Waals surface area contributed by atoms with Crippen LogP contribution in [-0.2, 0) is 65.4 Å². The van der Waals surface area contributed by atoms with E-state index in [1.54, 1.807) is 0 Å². The molecule has 2 radical (unpaired) electrons. The van der Waals surface area contributed by atoms with E-state index in [2.05, 4.69) is 44.0 Å². The van der Waals surface area contributed by atoms with Crippen LogP contribution in [0.3, 0.4) is 0 Å². The molecule has 48 valence electrons. The van der Waals surface area contributed by atoms with Gasteiger partial charge >= 0.3 is 0 Å². The molecule has 0 heterocycles. The van der Waals surface area contributed by atoms with Crippen molar-refractivity contribution in [3.8, 4) is 0 Å². The first-order valence-electron chi connectivity index (χ1n) is 2.03. The molecule has 1 rings (SSSR count). The van der Waals surface area contributed by atoms with Crippen molar-refractivity contribution in [1.29, 1.82) is 0 Å². The van der Waals surface area contributed by atoms with Gasteiger partial charge in [-0.15, -0.1) is 0 Å². The van der Waals surface area contributed by atoms with E-state index in [1.807, 2.05) is 12.1 Å². The third-order valence-electron chi connectivity index (χ3n) is 0.674. The van der Waals surface area contributed by atoms with Crippen LogP contribution in [-0.4, -0.2) is 0 Å². The average molecular weight is 412 g/mol. The second-order valence-corrected chi connectivity index (χ2v) is 2.98. The van der Waals surface area contributed by atoms with Gasteiger partial charge in [0.1, 0.15) is 0 Å². The maximum absolute atomic E-state index is 3.24. The number of hydrogen-bond donors (Lipinski definition) is 0. The Morgan fingerprint density at radius 3 is 1.40 bits per heavy atom. The maximum atomic E-state index is 3.24. The van der Waals surface area contributed by atoms with Crippen LogP contribution in [0.4, 0.5) is 0 Å². The Labute approximate surface area is 128 Å². The van der Waals surface area contributed by atoms with Crippen molar-refractivity contribution >= 4 is 31.9 Å². The molecule has 4 heteroatoms. The first-order chi connectivity index (χ1) is 3.79. The van der Waals surface area contributed by atoms with Crippen molar-refractivity contribution in [3.05, 3.63) is 33.2 Å². The van der Waals surface area contributed by atoms with Crippen molar-refractivity contribution in [2.75, 3.05) is 0 Å². The summed E-state index contributed by atoms with van der Waals surface area (Å²) in [4.78, 5) is 0. The summed E-state index contributed by atoms with van der Waals surface area (Å²) in [7, 11) is 0. The van der Waals surface area contributed by atoms with Crippen LogP contribution in [0.5, 0.6) is 0 Å². The molecular formula is C6H2Br2Y2-2. The fraction of sp³-hybridized carbons (Fsp3) is 0. The van der Waals surface area contributed by atoms with Gasteiger partial charge in [-0.05, 0) is 0 Å². The minimum absolute atomic E-state index is 0. The topological polar surface area (TPSA) is 0 Å². The monoisotopic (exact) mass is 410 g/mol. The molecule has 0 spiro atoms. The van der Waals surface area contributed by atoms with Crippen molar-refractivity contribution in [3.63, 3.8) is 0 Å². The van der Waals surface area contributed by atoms with E-state index in [1.165, 1.54) is 0 Å². The quantitative estimate of drug-likeness (QED) is 0.576. The first-order valence-corrected chi connectivity index (χ1v) is 3.62. The summed E-state index contributed by atoms with van der Waals surface area (Å²) in [6.45, 7) is 0. The molecule has 0 fully saturated rings. The van der Waals surface area contributed by atoms with Crippen LogP contribution in [0.1, 0.15) is 0 Å². The van der Waals surface area contributed by atoms with E-state index in [4.69, 9.17) is 0 Å². The van der Waals surface area contributed by atoms with Gasteiger partial charge in [0.25, 0.3) is 0 Å². The van der Waals surface area contributed by atoms with E-state index in [0.29, 0.717) is 0 Å². The summed E-state index contributed by atoms with van der Waals surface area (Å²) < 4.78 is 1.86. The molecule has 0 saturated carbocycles. The second-order valence-electron chi connectivity index (χ2n) is 1.27. The maximum Gasteiger partial charge on any atom is 0 e. The molecule has 0 aromatic heterocycles. The van der Waals surface area contributed by atoms with E-state index >= 15 is 0 Å². The minimum atomic E-state index is 0. The average Bonchev–Trinajstić information content (AvgIpc) is 1.77. The zero-order valence-electron chi connectivity index (χ0n) is 5.07. The Balaban J connectivity index is 0. The van der Waals surface area contributed by atoms with Gasteiger partial charge in [0.15, 0.2) is 0 Å². The number of hydrogen-bond acceptors (Lipinski definition) is 0. The molecule has 10 heavy (non-hydrogen) atoms. The van der Waals surface area contributed by atoms with Crippen LogP contribution in [0.15, 0.2) is 21.1 Å². The predicted molar refractivity (Wildman–Crippen MR) is 39.5 cm³/mol. The van der Waals surface area contributed by atoms with Crippen LogP contribution in [0.2, 0.25) is 0 Å². The Hall–Kier alpha value is 2.39. The van der Waals surface area contributed by atoms with Crippen LogP contribution < -0.4 is 0 Å². The van der Waals surface area contributed by atoms with Crippen LogP contribution in [0, 0.1) is 12.1 Å². The van der Waals surface area contributed by atoms with Gasteiger partial charge < -0.3 is 12.1 Å². The molecule has 0 unspecified atom stereocenters. The fourth-order valence-electron chi connectivity index (χ4n) is 0.348. The molecule has 0 atom stereocenters. The van der Waals surface area contributed by atoms with Crippen LogP contribution in [0.25, 0.3) is 0 Å². The van der Waals surface area contributed by atoms with Gasteiger partial charge in [-0.2, -0.15) is 31.9 Å². The van der Waals surface area contributed by atoms with Gasteiger partial charge in [0.05, 0.1) is 0 Å². The van der Waals surface area contributed by atoms with Crippen molar-refractivity contribution in [2.24, 2.45) is 0 Å². The Morgan fingerprint density at radius 1 is 0.900 bits per heavy atom. The summed E-state index contributed by atoms with van der Waals surface area (Å²) in [5.41, 5.74) is 0. The molecule has 0 nitrogen and oxygen atoms in total. The molecule has 0 saturated heterocycles. The normalized spacial score (nSPS) is 7.40. The van der Waals surface area contributed by atoms with Gasteiger partial charge in [-0.25, -0.2) is 8.95 Å². The van der Waals surface area contributed by atoms with E-state index in [-0.39, 0.29) is 65.4 Å². The second kappa shape index (κ2) is 8.01. The SMILES string of the molecule is Brc1[c-]cc(Br)[c-]c1.[Y].[Y]. The Bertz CT molecular complexity index is 153. The van der Waals surface area contributed by atoms with Crippen molar-refractivity contribution < 1.29 is 65.4 Å². The zero-order valence-corrected chi connectivity index (χ0v) is 13.9. The largest absolute Gasteiger partial charge is 0.304 e. The molecule has 0 bridgehead atoms. The molecule has 0 aliphatic rings. The summed E-state index contributed by atoms with van der Waals surface area (Å²) in [6, 6.07) is 9.50. The third-order valence-corrected chi connectivity index (χ3v) is 1.59. The van der Waals surface area contributed by atoms with E-state index < -0.39 is 0 Å². The Kier molecular flexibility index (Phi) is 11.9. The van der Waals surface area contributed by atoms with E-state index in [0.717, 1.165) is 8.95 Å².